The van der Waals surface area contributed by atoms with Crippen LogP contribution in [0.2, 0.25) is 0 Å². The first kappa shape index (κ1) is 16.3. The molecule has 0 unspecified atom stereocenters. The van der Waals surface area contributed by atoms with E-state index < -0.39 is 0 Å². The van der Waals surface area contributed by atoms with Gasteiger partial charge < -0.3 is 5.32 Å². The van der Waals surface area contributed by atoms with Crippen LogP contribution >= 0.6 is 0 Å². The Morgan fingerprint density at radius 2 is 1.24 bits per heavy atom. The molecule has 0 fully saturated rings. The van der Waals surface area contributed by atoms with Gasteiger partial charge in [0.05, 0.1) is 13.1 Å². The second kappa shape index (κ2) is 11.8. The monoisotopic (exact) mass is 239 g/mol. The number of nitrogens with one attached hydrogen (secondary N) is 1. The minimum atomic E-state index is 0.710. The van der Waals surface area contributed by atoms with Gasteiger partial charge in [-0.3, -0.25) is 9.98 Å². The molecule has 0 spiro atoms. The van der Waals surface area contributed by atoms with E-state index in [0.717, 1.165) is 39.0 Å². The Labute approximate surface area is 107 Å². The van der Waals surface area contributed by atoms with Crippen LogP contribution in [0.25, 0.3) is 0 Å². The van der Waals surface area contributed by atoms with Crippen molar-refractivity contribution in [3.63, 3.8) is 0 Å². The minimum absolute atomic E-state index is 0.710. The summed E-state index contributed by atoms with van der Waals surface area (Å²) in [7, 11) is 0. The zero-order valence-corrected chi connectivity index (χ0v) is 11.9. The van der Waals surface area contributed by atoms with Crippen molar-refractivity contribution in [1.82, 2.24) is 5.32 Å². The van der Waals surface area contributed by atoms with E-state index in [9.17, 15) is 0 Å². The summed E-state index contributed by atoms with van der Waals surface area (Å²) in [6.07, 6.45) is 6.24. The Hall–Kier alpha value is -0.700. The zero-order chi connectivity index (χ0) is 12.9. The van der Waals surface area contributed by atoms with E-state index in [2.05, 4.69) is 43.0 Å². The van der Waals surface area contributed by atoms with Crippen molar-refractivity contribution in [3.05, 3.63) is 0 Å². The molecule has 0 heterocycles. The maximum Gasteiger partial charge on any atom is 0.0510 e. The van der Waals surface area contributed by atoms with Crippen LogP contribution in [0, 0.1) is 11.8 Å². The molecule has 0 saturated carbocycles. The molecule has 3 heteroatoms. The SMILES string of the molecule is CC(C)CC=NCCNCCN=CCC(C)C. The molecule has 100 valence electrons. The number of aliphatic imine (C=N–C) groups is 2. The highest BCUT2D eigenvalue weighted by atomic mass is 14.9. The quantitative estimate of drug-likeness (QED) is 0.462. The van der Waals surface area contributed by atoms with Crippen LogP contribution < -0.4 is 5.32 Å². The van der Waals surface area contributed by atoms with Gasteiger partial charge in [-0.2, -0.15) is 0 Å². The van der Waals surface area contributed by atoms with Crippen molar-refractivity contribution in [3.8, 4) is 0 Å². The molecule has 3 nitrogen and oxygen atoms in total. The van der Waals surface area contributed by atoms with Crippen molar-refractivity contribution in [1.29, 1.82) is 0 Å². The summed E-state index contributed by atoms with van der Waals surface area (Å²) in [5.74, 6) is 1.42. The van der Waals surface area contributed by atoms with Crippen molar-refractivity contribution in [2.45, 2.75) is 40.5 Å². The predicted octanol–water partition coefficient (Wildman–Crippen LogP) is 2.81. The van der Waals surface area contributed by atoms with Gasteiger partial charge in [-0.25, -0.2) is 0 Å². The third-order valence-corrected chi connectivity index (χ3v) is 2.25. The van der Waals surface area contributed by atoms with Crippen LogP contribution in [0.1, 0.15) is 40.5 Å². The van der Waals surface area contributed by atoms with Crippen LogP contribution in [-0.4, -0.2) is 38.6 Å². The van der Waals surface area contributed by atoms with E-state index in [1.54, 1.807) is 0 Å². The fourth-order valence-corrected chi connectivity index (χ4v) is 1.17. The fraction of sp³-hybridized carbons (Fsp3) is 0.857. The summed E-state index contributed by atoms with van der Waals surface area (Å²) in [5.41, 5.74) is 0. The minimum Gasteiger partial charge on any atom is -0.313 e. The maximum atomic E-state index is 4.34. The van der Waals surface area contributed by atoms with Crippen molar-refractivity contribution in [2.75, 3.05) is 26.2 Å². The molecule has 0 aliphatic rings. The molecule has 17 heavy (non-hydrogen) atoms. The largest absolute Gasteiger partial charge is 0.313 e. The van der Waals surface area contributed by atoms with Crippen LogP contribution in [0.3, 0.4) is 0 Å². The van der Waals surface area contributed by atoms with E-state index in [-0.39, 0.29) is 0 Å². The van der Waals surface area contributed by atoms with Crippen LogP contribution in [-0.2, 0) is 0 Å². The Balaban J connectivity index is 3.18. The smallest absolute Gasteiger partial charge is 0.0510 e. The first-order valence-electron chi connectivity index (χ1n) is 6.80. The zero-order valence-electron chi connectivity index (χ0n) is 11.9. The summed E-state index contributed by atoms with van der Waals surface area (Å²) in [5, 5.41) is 3.33. The molecule has 0 aromatic carbocycles. The molecule has 0 radical (unpaired) electrons. The van der Waals surface area contributed by atoms with Gasteiger partial charge in [0.15, 0.2) is 0 Å². The molecule has 0 atom stereocenters. The van der Waals surface area contributed by atoms with Gasteiger partial charge in [-0.05, 0) is 37.1 Å². The molecule has 0 aliphatic heterocycles. The van der Waals surface area contributed by atoms with Crippen molar-refractivity contribution in [2.24, 2.45) is 21.8 Å². The van der Waals surface area contributed by atoms with E-state index in [4.69, 9.17) is 0 Å². The summed E-state index contributed by atoms with van der Waals surface area (Å²) in [6, 6.07) is 0. The van der Waals surface area contributed by atoms with E-state index in [1.807, 2.05) is 12.4 Å². The molecule has 0 rings (SSSR count). The highest BCUT2D eigenvalue weighted by molar-refractivity contribution is 5.57. The van der Waals surface area contributed by atoms with Crippen LogP contribution in [0.15, 0.2) is 9.98 Å². The molecule has 0 aromatic heterocycles. The second-order valence-electron chi connectivity index (χ2n) is 5.19. The van der Waals surface area contributed by atoms with E-state index in [0.29, 0.717) is 11.8 Å². The van der Waals surface area contributed by atoms with Gasteiger partial charge in [-0.15, -0.1) is 0 Å². The van der Waals surface area contributed by atoms with Gasteiger partial charge >= 0.3 is 0 Å². The summed E-state index contributed by atoms with van der Waals surface area (Å²) in [4.78, 5) is 8.69. The molecule has 0 bridgehead atoms. The lowest BCUT2D eigenvalue weighted by Gasteiger charge is -2.00. The molecule has 0 aliphatic carbocycles. The molecule has 0 amide bonds. The maximum absolute atomic E-state index is 4.34. The topological polar surface area (TPSA) is 36.8 Å². The highest BCUT2D eigenvalue weighted by Gasteiger charge is 1.89. The summed E-state index contributed by atoms with van der Waals surface area (Å²) in [6.45, 7) is 12.5. The lowest BCUT2D eigenvalue weighted by molar-refractivity contribution is 0.675. The number of hydrogen-bond donors (Lipinski definition) is 1. The van der Waals surface area contributed by atoms with Crippen molar-refractivity contribution < 1.29 is 0 Å². The van der Waals surface area contributed by atoms with Gasteiger partial charge in [-0.1, -0.05) is 27.7 Å². The van der Waals surface area contributed by atoms with Crippen LogP contribution in [0.4, 0.5) is 0 Å². The van der Waals surface area contributed by atoms with Gasteiger partial charge in [0.2, 0.25) is 0 Å². The fourth-order valence-electron chi connectivity index (χ4n) is 1.17. The Bertz CT molecular complexity index is 186. The average Bonchev–Trinajstić information content (AvgIpc) is 2.25. The molecule has 1 N–H and O–H groups in total. The van der Waals surface area contributed by atoms with E-state index in [1.165, 1.54) is 0 Å². The standard InChI is InChI=1S/C14H29N3/c1-13(2)5-7-15-9-11-17-12-10-16-8-6-14(3)4/h7-8,13-14,17H,5-6,9-12H2,1-4H3. The third kappa shape index (κ3) is 15.3. The van der Waals surface area contributed by atoms with Gasteiger partial charge in [0.1, 0.15) is 0 Å². The van der Waals surface area contributed by atoms with E-state index >= 15 is 0 Å². The van der Waals surface area contributed by atoms with Crippen LogP contribution in [0.5, 0.6) is 0 Å². The molecular formula is C14H29N3. The van der Waals surface area contributed by atoms with Crippen molar-refractivity contribution >= 4 is 12.4 Å². The van der Waals surface area contributed by atoms with Gasteiger partial charge in [0, 0.05) is 13.1 Å². The summed E-state index contributed by atoms with van der Waals surface area (Å²) >= 11 is 0. The Morgan fingerprint density at radius 3 is 1.59 bits per heavy atom. The highest BCUT2D eigenvalue weighted by Crippen LogP contribution is 1.95. The normalized spacial score (nSPS) is 12.6. The first-order chi connectivity index (χ1) is 8.13. The summed E-state index contributed by atoms with van der Waals surface area (Å²) < 4.78 is 0. The number of nitrogens with zero attached hydrogens (tertiary/aromatic N) is 2. The predicted molar refractivity (Wildman–Crippen MR) is 78.5 cm³/mol. The van der Waals surface area contributed by atoms with Gasteiger partial charge in [0.25, 0.3) is 0 Å². The molecule has 0 aromatic rings. The Kier molecular flexibility index (Phi) is 11.3. The Morgan fingerprint density at radius 1 is 0.824 bits per heavy atom. The number of rotatable bonds is 10. The third-order valence-electron chi connectivity index (χ3n) is 2.25. The molecular weight excluding hydrogens is 210 g/mol. The second-order valence-corrected chi connectivity index (χ2v) is 5.19. The number of hydrogen-bond acceptors (Lipinski definition) is 3. The lowest BCUT2D eigenvalue weighted by Crippen LogP contribution is -2.20. The average molecular weight is 239 g/mol. The first-order valence-corrected chi connectivity index (χ1v) is 6.80. The molecule has 0 saturated heterocycles. The lowest BCUT2D eigenvalue weighted by atomic mass is 10.2.